The monoisotopic (exact) mass is 344 g/mol. The molecule has 1 saturated heterocycles. The summed E-state index contributed by atoms with van der Waals surface area (Å²) >= 11 is 1.36. The molecule has 1 amide bonds. The molecule has 3 rings (SSSR count). The van der Waals surface area contributed by atoms with Gasteiger partial charge in [0.2, 0.25) is 5.91 Å². The fourth-order valence-electron chi connectivity index (χ4n) is 2.54. The molecule has 1 aromatic heterocycles. The molecule has 0 spiro atoms. The van der Waals surface area contributed by atoms with Crippen LogP contribution in [0.5, 0.6) is 0 Å². The zero-order chi connectivity index (χ0) is 15.9. The highest BCUT2D eigenvalue weighted by Gasteiger charge is 2.33. The van der Waals surface area contributed by atoms with E-state index in [1.165, 1.54) is 11.8 Å². The molecule has 9 heteroatoms. The van der Waals surface area contributed by atoms with Gasteiger partial charge in [0.25, 0.3) is 0 Å². The normalized spacial score (nSPS) is 25.1. The average molecular weight is 344 g/mol. The van der Waals surface area contributed by atoms with Gasteiger partial charge in [-0.2, -0.15) is 0 Å². The second kappa shape index (κ2) is 5.84. The minimum Gasteiger partial charge on any atom is -0.352 e. The number of nitrogens with zero attached hydrogens (tertiary/aromatic N) is 3. The Morgan fingerprint density at radius 2 is 2.09 bits per heavy atom. The Hall–Kier alpha value is -1.09. The number of aromatic nitrogens is 3. The smallest absolute Gasteiger partial charge is 0.233 e. The predicted molar refractivity (Wildman–Crippen MR) is 83.5 cm³/mol. The van der Waals surface area contributed by atoms with Crippen LogP contribution < -0.4 is 5.32 Å². The largest absolute Gasteiger partial charge is 0.352 e. The molecule has 0 radical (unpaired) electrons. The minimum atomic E-state index is -2.95. The number of nitrogens with one attached hydrogen (secondary N) is 1. The molecule has 2 heterocycles. The third-order valence-corrected chi connectivity index (χ3v) is 6.94. The molecule has 7 nitrogen and oxygen atoms in total. The van der Waals surface area contributed by atoms with Gasteiger partial charge in [-0.15, -0.1) is 10.2 Å². The van der Waals surface area contributed by atoms with Crippen LogP contribution in [-0.2, 0) is 21.7 Å². The lowest BCUT2D eigenvalue weighted by molar-refractivity contribution is -0.120. The van der Waals surface area contributed by atoms with Gasteiger partial charge in [0.1, 0.15) is 5.82 Å². The summed E-state index contributed by atoms with van der Waals surface area (Å²) in [6.07, 6.45) is 2.72. The van der Waals surface area contributed by atoms with E-state index in [0.717, 1.165) is 12.8 Å². The third kappa shape index (κ3) is 3.45. The number of carbonyl (C=O) groups is 1. The van der Waals surface area contributed by atoms with Crippen LogP contribution in [-0.4, -0.2) is 51.9 Å². The van der Waals surface area contributed by atoms with Gasteiger partial charge >= 0.3 is 0 Å². The second-order valence-corrected chi connectivity index (χ2v) is 9.58. The SMILES string of the molecule is C[C@@H](Sc1nnc([C@H]2CCS(=O)(=O)C2)n1C)C(=O)NC1CC1. The van der Waals surface area contributed by atoms with Crippen molar-refractivity contribution in [3.05, 3.63) is 5.82 Å². The van der Waals surface area contributed by atoms with Gasteiger partial charge in [0.15, 0.2) is 15.0 Å². The molecule has 0 bridgehead atoms. The van der Waals surface area contributed by atoms with Gasteiger partial charge in [-0.05, 0) is 26.2 Å². The molecule has 1 aliphatic carbocycles. The molecule has 2 aliphatic rings. The standard InChI is InChI=1S/C13H20N4O3S2/c1-8(12(18)14-10-3-4-10)21-13-16-15-11(17(13)2)9-5-6-22(19,20)7-9/h8-10H,3-7H2,1-2H3,(H,14,18)/t8-,9+/m1/s1. The van der Waals surface area contributed by atoms with E-state index < -0.39 is 9.84 Å². The van der Waals surface area contributed by atoms with Gasteiger partial charge < -0.3 is 9.88 Å². The van der Waals surface area contributed by atoms with Crippen molar-refractivity contribution in [1.29, 1.82) is 0 Å². The second-order valence-electron chi connectivity index (χ2n) is 6.04. The van der Waals surface area contributed by atoms with Crippen LogP contribution in [0.4, 0.5) is 0 Å². The summed E-state index contributed by atoms with van der Waals surface area (Å²) in [7, 11) is -1.12. The van der Waals surface area contributed by atoms with Crippen molar-refractivity contribution in [2.75, 3.05) is 11.5 Å². The fraction of sp³-hybridized carbons (Fsp3) is 0.769. The van der Waals surface area contributed by atoms with E-state index in [-0.39, 0.29) is 28.6 Å². The first kappa shape index (κ1) is 15.8. The summed E-state index contributed by atoms with van der Waals surface area (Å²) in [6.45, 7) is 1.84. The molecule has 1 aliphatic heterocycles. The van der Waals surface area contributed by atoms with Crippen molar-refractivity contribution in [1.82, 2.24) is 20.1 Å². The number of rotatable bonds is 5. The Kier molecular flexibility index (Phi) is 4.19. The zero-order valence-electron chi connectivity index (χ0n) is 12.7. The Morgan fingerprint density at radius 3 is 2.68 bits per heavy atom. The maximum atomic E-state index is 12.0. The predicted octanol–water partition coefficient (Wildman–Crippen LogP) is 0.476. The molecule has 1 N–H and O–H groups in total. The van der Waals surface area contributed by atoms with Gasteiger partial charge in [-0.3, -0.25) is 4.79 Å². The Labute approximate surface area is 134 Å². The Morgan fingerprint density at radius 1 is 1.36 bits per heavy atom. The van der Waals surface area contributed by atoms with Crippen molar-refractivity contribution in [3.63, 3.8) is 0 Å². The van der Waals surface area contributed by atoms with Crippen LogP contribution in [0.15, 0.2) is 5.16 Å². The average Bonchev–Trinajstić information content (AvgIpc) is 3.09. The first-order valence-electron chi connectivity index (χ1n) is 7.42. The molecule has 1 saturated carbocycles. The summed E-state index contributed by atoms with van der Waals surface area (Å²) in [5.74, 6) is 0.973. The molecular weight excluding hydrogens is 324 g/mol. The summed E-state index contributed by atoms with van der Waals surface area (Å²) in [4.78, 5) is 12.0. The number of hydrogen-bond acceptors (Lipinski definition) is 6. The van der Waals surface area contributed by atoms with E-state index in [0.29, 0.717) is 23.4 Å². The number of carbonyl (C=O) groups excluding carboxylic acids is 1. The summed E-state index contributed by atoms with van der Waals surface area (Å²) in [5.41, 5.74) is 0. The number of amides is 1. The highest BCUT2D eigenvalue weighted by atomic mass is 32.2. The van der Waals surface area contributed by atoms with E-state index in [1.807, 2.05) is 18.5 Å². The van der Waals surface area contributed by atoms with Gasteiger partial charge in [0.05, 0.1) is 16.8 Å². The Balaban J connectivity index is 1.66. The van der Waals surface area contributed by atoms with E-state index in [1.54, 1.807) is 0 Å². The summed E-state index contributed by atoms with van der Waals surface area (Å²) in [6, 6.07) is 0.342. The van der Waals surface area contributed by atoms with Crippen LogP contribution in [0.2, 0.25) is 0 Å². The van der Waals surface area contributed by atoms with Gasteiger partial charge in [-0.1, -0.05) is 11.8 Å². The quantitative estimate of drug-likeness (QED) is 0.781. The van der Waals surface area contributed by atoms with Crippen LogP contribution in [0.1, 0.15) is 37.9 Å². The van der Waals surface area contributed by atoms with Crippen LogP contribution in [0, 0.1) is 0 Å². The van der Waals surface area contributed by atoms with E-state index >= 15 is 0 Å². The number of thioether (sulfide) groups is 1. The lowest BCUT2D eigenvalue weighted by Gasteiger charge is -2.12. The van der Waals surface area contributed by atoms with Crippen molar-refractivity contribution in [2.24, 2.45) is 7.05 Å². The minimum absolute atomic E-state index is 0.0143. The van der Waals surface area contributed by atoms with Crippen molar-refractivity contribution >= 4 is 27.5 Å². The van der Waals surface area contributed by atoms with E-state index in [9.17, 15) is 13.2 Å². The molecule has 1 aromatic rings. The zero-order valence-corrected chi connectivity index (χ0v) is 14.3. The van der Waals surface area contributed by atoms with Crippen molar-refractivity contribution < 1.29 is 13.2 Å². The molecule has 22 heavy (non-hydrogen) atoms. The van der Waals surface area contributed by atoms with Crippen LogP contribution in [0.3, 0.4) is 0 Å². The first-order chi connectivity index (χ1) is 10.4. The topological polar surface area (TPSA) is 93.9 Å². The number of hydrogen-bond donors (Lipinski definition) is 1. The third-order valence-electron chi connectivity index (χ3n) is 4.04. The molecule has 2 atom stereocenters. The summed E-state index contributed by atoms with van der Waals surface area (Å²) in [5, 5.41) is 11.6. The Bertz CT molecular complexity index is 681. The van der Waals surface area contributed by atoms with E-state index in [2.05, 4.69) is 15.5 Å². The van der Waals surface area contributed by atoms with Gasteiger partial charge in [0, 0.05) is 19.0 Å². The maximum Gasteiger partial charge on any atom is 0.233 e. The van der Waals surface area contributed by atoms with E-state index in [4.69, 9.17) is 0 Å². The lowest BCUT2D eigenvalue weighted by Crippen LogP contribution is -2.32. The summed E-state index contributed by atoms with van der Waals surface area (Å²) < 4.78 is 25.0. The van der Waals surface area contributed by atoms with Crippen LogP contribution in [0.25, 0.3) is 0 Å². The van der Waals surface area contributed by atoms with Crippen LogP contribution >= 0.6 is 11.8 Å². The highest BCUT2D eigenvalue weighted by Crippen LogP contribution is 2.30. The van der Waals surface area contributed by atoms with Gasteiger partial charge in [-0.25, -0.2) is 8.42 Å². The number of sulfone groups is 1. The molecule has 2 fully saturated rings. The lowest BCUT2D eigenvalue weighted by atomic mass is 10.1. The van der Waals surface area contributed by atoms with Crippen molar-refractivity contribution in [2.45, 2.75) is 48.6 Å². The molecular formula is C13H20N4O3S2. The molecule has 0 aromatic carbocycles. The maximum absolute atomic E-state index is 12.0. The highest BCUT2D eigenvalue weighted by molar-refractivity contribution is 8.00. The molecule has 122 valence electrons. The first-order valence-corrected chi connectivity index (χ1v) is 10.1. The fourth-order valence-corrected chi connectivity index (χ4v) is 5.11. The molecule has 0 unspecified atom stereocenters. The van der Waals surface area contributed by atoms with Crippen molar-refractivity contribution in [3.8, 4) is 0 Å².